The van der Waals surface area contributed by atoms with Crippen molar-refractivity contribution >= 4 is 0 Å². The van der Waals surface area contributed by atoms with Crippen molar-refractivity contribution in [2.45, 2.75) is 18.4 Å². The number of benzene rings is 1. The zero-order chi connectivity index (χ0) is 15.8. The van der Waals surface area contributed by atoms with Gasteiger partial charge in [-0.25, -0.2) is 4.39 Å². The molecule has 0 spiro atoms. The number of allylic oxidation sites excluding steroid dienone is 2. The fourth-order valence-electron chi connectivity index (χ4n) is 3.88. The topological polar surface area (TPSA) is 24.5 Å². The summed E-state index contributed by atoms with van der Waals surface area (Å²) in [7, 11) is 1.56. The summed E-state index contributed by atoms with van der Waals surface area (Å²) >= 11 is 0. The van der Waals surface area contributed by atoms with E-state index >= 15 is 0 Å². The van der Waals surface area contributed by atoms with Crippen LogP contribution in [0.5, 0.6) is 5.75 Å². The molecular formula is C19H21FN2O. The van der Waals surface area contributed by atoms with Gasteiger partial charge >= 0.3 is 0 Å². The van der Waals surface area contributed by atoms with Crippen LogP contribution in [-0.4, -0.2) is 37.7 Å². The summed E-state index contributed by atoms with van der Waals surface area (Å²) in [6.45, 7) is 2.95. The van der Waals surface area contributed by atoms with Crippen molar-refractivity contribution in [3.05, 3.63) is 65.2 Å². The second-order valence-electron chi connectivity index (χ2n) is 6.24. The first kappa shape index (κ1) is 14.5. The maximum absolute atomic E-state index is 14.6. The predicted molar refractivity (Wildman–Crippen MR) is 89.0 cm³/mol. The Bertz CT molecular complexity index is 707. The first-order valence-corrected chi connectivity index (χ1v) is 8.17. The van der Waals surface area contributed by atoms with Gasteiger partial charge in [-0.15, -0.1) is 0 Å². The number of halogens is 1. The average molecular weight is 312 g/mol. The van der Waals surface area contributed by atoms with Crippen molar-refractivity contribution in [1.82, 2.24) is 10.2 Å². The molecular weight excluding hydrogens is 291 g/mol. The molecule has 2 atom stereocenters. The van der Waals surface area contributed by atoms with Crippen LogP contribution < -0.4 is 10.1 Å². The van der Waals surface area contributed by atoms with E-state index in [-0.39, 0.29) is 17.8 Å². The molecule has 0 bridgehead atoms. The van der Waals surface area contributed by atoms with Gasteiger partial charge in [0.05, 0.1) is 13.2 Å². The Morgan fingerprint density at radius 1 is 1.30 bits per heavy atom. The summed E-state index contributed by atoms with van der Waals surface area (Å²) in [6.07, 6.45) is 9.66. The fourth-order valence-corrected chi connectivity index (χ4v) is 3.88. The average Bonchev–Trinajstić information content (AvgIpc) is 2.76. The highest BCUT2D eigenvalue weighted by Gasteiger charge is 2.37. The van der Waals surface area contributed by atoms with Crippen molar-refractivity contribution in [3.63, 3.8) is 0 Å². The lowest BCUT2D eigenvalue weighted by molar-refractivity contribution is 0.288. The normalized spacial score (nSPS) is 26.1. The molecule has 1 fully saturated rings. The summed E-state index contributed by atoms with van der Waals surface area (Å²) in [4.78, 5) is 2.45. The van der Waals surface area contributed by atoms with Crippen molar-refractivity contribution in [3.8, 4) is 5.75 Å². The molecule has 3 aliphatic rings. The van der Waals surface area contributed by atoms with Crippen LogP contribution in [0.1, 0.15) is 17.9 Å². The number of fused-ring (bicyclic) bond motifs is 3. The third-order valence-electron chi connectivity index (χ3n) is 4.98. The minimum Gasteiger partial charge on any atom is -0.497 e. The number of hydrogen-bond acceptors (Lipinski definition) is 3. The lowest BCUT2D eigenvalue weighted by Crippen LogP contribution is -2.38. The monoisotopic (exact) mass is 312 g/mol. The molecule has 1 aromatic carbocycles. The maximum atomic E-state index is 14.6. The smallest absolute Gasteiger partial charge is 0.130 e. The first-order chi connectivity index (χ1) is 11.3. The van der Waals surface area contributed by atoms with Crippen LogP contribution in [0.3, 0.4) is 0 Å². The summed E-state index contributed by atoms with van der Waals surface area (Å²) in [5, 5.41) is 3.44. The van der Waals surface area contributed by atoms with Gasteiger partial charge in [0.2, 0.25) is 0 Å². The van der Waals surface area contributed by atoms with Crippen molar-refractivity contribution in [2.75, 3.05) is 26.7 Å². The van der Waals surface area contributed by atoms with Gasteiger partial charge in [0.15, 0.2) is 0 Å². The van der Waals surface area contributed by atoms with E-state index in [1.807, 2.05) is 12.1 Å². The summed E-state index contributed by atoms with van der Waals surface area (Å²) in [5.74, 6) is 0.403. The van der Waals surface area contributed by atoms with Crippen molar-refractivity contribution < 1.29 is 9.13 Å². The molecule has 1 aromatic rings. The van der Waals surface area contributed by atoms with E-state index in [9.17, 15) is 4.39 Å². The maximum Gasteiger partial charge on any atom is 0.130 e. The second-order valence-corrected chi connectivity index (χ2v) is 6.24. The Morgan fingerprint density at radius 2 is 2.22 bits per heavy atom. The molecule has 0 radical (unpaired) electrons. The summed E-state index contributed by atoms with van der Waals surface area (Å²) < 4.78 is 19.7. The van der Waals surface area contributed by atoms with Crippen LogP contribution in [0.4, 0.5) is 4.39 Å². The Labute approximate surface area is 136 Å². The Hall–Kier alpha value is -2.07. The van der Waals surface area contributed by atoms with E-state index < -0.39 is 0 Å². The number of hydrogen-bond donors (Lipinski definition) is 1. The highest BCUT2D eigenvalue weighted by Crippen LogP contribution is 2.41. The van der Waals surface area contributed by atoms with Crippen LogP contribution in [0.2, 0.25) is 0 Å². The van der Waals surface area contributed by atoms with Gasteiger partial charge in [-0.3, -0.25) is 0 Å². The molecule has 120 valence electrons. The Kier molecular flexibility index (Phi) is 3.69. The molecule has 2 unspecified atom stereocenters. The number of nitrogens with zero attached hydrogens (tertiary/aromatic N) is 1. The third kappa shape index (κ3) is 2.47. The van der Waals surface area contributed by atoms with Gasteiger partial charge in [-0.1, -0.05) is 24.3 Å². The van der Waals surface area contributed by atoms with E-state index in [0.717, 1.165) is 31.6 Å². The molecule has 3 nitrogen and oxygen atoms in total. The van der Waals surface area contributed by atoms with Gasteiger partial charge in [0.1, 0.15) is 11.6 Å². The minimum atomic E-state index is -0.193. The van der Waals surface area contributed by atoms with Gasteiger partial charge < -0.3 is 15.0 Å². The van der Waals surface area contributed by atoms with Gasteiger partial charge in [0, 0.05) is 37.3 Å². The quantitative estimate of drug-likeness (QED) is 0.908. The number of nitrogens with one attached hydrogen (secondary N) is 1. The molecule has 4 rings (SSSR count). The standard InChI is InChI=1S/C19H21FN2O/c1-23-15-5-6-16(18(20)12-15)17-4-2-3-13-11-14-7-8-21-9-10-22(14)19(13)17/h2-6,11-12,17,19,21H,7-10H2,1H3. The van der Waals surface area contributed by atoms with Crippen LogP contribution in [-0.2, 0) is 0 Å². The Morgan fingerprint density at radius 3 is 3.04 bits per heavy atom. The first-order valence-electron chi connectivity index (χ1n) is 8.17. The zero-order valence-electron chi connectivity index (χ0n) is 13.3. The van der Waals surface area contributed by atoms with Crippen LogP contribution in [0.25, 0.3) is 0 Å². The van der Waals surface area contributed by atoms with E-state index in [4.69, 9.17) is 4.74 Å². The minimum absolute atomic E-state index is 0.0350. The van der Waals surface area contributed by atoms with E-state index in [1.165, 1.54) is 17.3 Å². The molecule has 2 aliphatic heterocycles. The molecule has 23 heavy (non-hydrogen) atoms. The van der Waals surface area contributed by atoms with Crippen LogP contribution in [0, 0.1) is 5.82 Å². The molecule has 2 heterocycles. The molecule has 1 saturated heterocycles. The van der Waals surface area contributed by atoms with Crippen LogP contribution >= 0.6 is 0 Å². The highest BCUT2D eigenvalue weighted by molar-refractivity contribution is 5.48. The highest BCUT2D eigenvalue weighted by atomic mass is 19.1. The van der Waals surface area contributed by atoms with E-state index in [2.05, 4.69) is 34.5 Å². The van der Waals surface area contributed by atoms with E-state index in [0.29, 0.717) is 5.75 Å². The molecule has 0 amide bonds. The summed E-state index contributed by atoms with van der Waals surface area (Å²) in [5.41, 5.74) is 3.41. The third-order valence-corrected chi connectivity index (χ3v) is 4.98. The molecule has 0 aromatic heterocycles. The lowest BCUT2D eigenvalue weighted by atomic mass is 9.83. The largest absolute Gasteiger partial charge is 0.497 e. The Balaban J connectivity index is 1.71. The summed E-state index contributed by atoms with van der Waals surface area (Å²) in [6, 6.07) is 5.39. The molecule has 4 heteroatoms. The second kappa shape index (κ2) is 5.85. The predicted octanol–water partition coefficient (Wildman–Crippen LogP) is 2.98. The van der Waals surface area contributed by atoms with Crippen molar-refractivity contribution in [2.24, 2.45) is 0 Å². The molecule has 0 saturated carbocycles. The number of ether oxygens (including phenoxy) is 1. The SMILES string of the molecule is COc1ccc(C2C=CC=C3C=C4CCNCCN4C32)c(F)c1. The van der Waals surface area contributed by atoms with Crippen LogP contribution in [0.15, 0.2) is 53.8 Å². The number of methoxy groups -OCH3 is 1. The van der Waals surface area contributed by atoms with Gasteiger partial charge in [-0.2, -0.15) is 0 Å². The molecule has 1 aliphatic carbocycles. The zero-order valence-corrected chi connectivity index (χ0v) is 13.3. The van der Waals surface area contributed by atoms with Gasteiger partial charge in [0.25, 0.3) is 0 Å². The van der Waals surface area contributed by atoms with Crippen molar-refractivity contribution in [1.29, 1.82) is 0 Å². The number of rotatable bonds is 2. The van der Waals surface area contributed by atoms with Gasteiger partial charge in [-0.05, 0) is 29.7 Å². The molecule has 1 N–H and O–H groups in total. The van der Waals surface area contributed by atoms with E-state index in [1.54, 1.807) is 7.11 Å². The lowest BCUT2D eigenvalue weighted by Gasteiger charge is -2.35. The fraction of sp³-hybridized carbons (Fsp3) is 0.368.